The second kappa shape index (κ2) is 6.70. The lowest BCUT2D eigenvalue weighted by atomic mass is 10.1. The van der Waals surface area contributed by atoms with E-state index in [9.17, 15) is 4.79 Å². The molecule has 0 fully saturated rings. The zero-order chi connectivity index (χ0) is 12.8. The molecule has 0 heterocycles. The number of esters is 1. The first-order chi connectivity index (χ1) is 8.04. The summed E-state index contributed by atoms with van der Waals surface area (Å²) in [4.78, 5) is 12.9. The van der Waals surface area contributed by atoms with Gasteiger partial charge in [-0.2, -0.15) is 0 Å². The van der Waals surface area contributed by atoms with E-state index in [0.29, 0.717) is 6.61 Å². The third-order valence-electron chi connectivity index (χ3n) is 2.41. The standard InChI is InChI=1S/C14H20O2S/c1-5-16-14(15)13(10(2)3)17-12-8-6-11(4)7-9-12/h6-10,13H,5H2,1-4H3. The summed E-state index contributed by atoms with van der Waals surface area (Å²) in [7, 11) is 0. The summed E-state index contributed by atoms with van der Waals surface area (Å²) < 4.78 is 5.10. The number of carbonyl (C=O) groups is 1. The predicted molar refractivity (Wildman–Crippen MR) is 72.3 cm³/mol. The van der Waals surface area contributed by atoms with Gasteiger partial charge in [-0.15, -0.1) is 11.8 Å². The highest BCUT2D eigenvalue weighted by Gasteiger charge is 2.24. The number of carbonyl (C=O) groups excluding carboxylic acids is 1. The molecule has 0 saturated carbocycles. The molecule has 0 spiro atoms. The van der Waals surface area contributed by atoms with Crippen LogP contribution in [-0.2, 0) is 9.53 Å². The van der Waals surface area contributed by atoms with Gasteiger partial charge in [-0.1, -0.05) is 31.5 Å². The van der Waals surface area contributed by atoms with Crippen molar-refractivity contribution in [3.05, 3.63) is 29.8 Å². The lowest BCUT2D eigenvalue weighted by molar-refractivity contribution is -0.143. The molecule has 0 saturated heterocycles. The summed E-state index contributed by atoms with van der Waals surface area (Å²) in [5, 5.41) is -0.127. The van der Waals surface area contributed by atoms with Gasteiger partial charge in [-0.05, 0) is 31.9 Å². The lowest BCUT2D eigenvalue weighted by Gasteiger charge is -2.18. The summed E-state index contributed by atoms with van der Waals surface area (Å²) in [6, 6.07) is 8.22. The minimum Gasteiger partial charge on any atom is -0.465 e. The molecule has 0 N–H and O–H groups in total. The van der Waals surface area contributed by atoms with Crippen LogP contribution < -0.4 is 0 Å². The van der Waals surface area contributed by atoms with Gasteiger partial charge in [0.05, 0.1) is 6.61 Å². The first-order valence-electron chi connectivity index (χ1n) is 5.94. The molecule has 0 aromatic heterocycles. The SMILES string of the molecule is CCOC(=O)C(Sc1ccc(C)cc1)C(C)C. The number of aryl methyl sites for hydroxylation is 1. The van der Waals surface area contributed by atoms with E-state index in [4.69, 9.17) is 4.74 Å². The van der Waals surface area contributed by atoms with Crippen molar-refractivity contribution in [2.24, 2.45) is 5.92 Å². The van der Waals surface area contributed by atoms with Crippen molar-refractivity contribution in [3.8, 4) is 0 Å². The maximum Gasteiger partial charge on any atom is 0.319 e. The van der Waals surface area contributed by atoms with E-state index in [1.807, 2.05) is 20.8 Å². The number of rotatable bonds is 5. The average Bonchev–Trinajstić information content (AvgIpc) is 2.28. The highest BCUT2D eigenvalue weighted by atomic mass is 32.2. The Morgan fingerprint density at radius 2 is 1.88 bits per heavy atom. The summed E-state index contributed by atoms with van der Waals surface area (Å²) in [5.74, 6) is 0.147. The van der Waals surface area contributed by atoms with E-state index < -0.39 is 0 Å². The molecule has 1 aromatic carbocycles. The van der Waals surface area contributed by atoms with Gasteiger partial charge in [0.2, 0.25) is 0 Å². The molecule has 1 rings (SSSR count). The monoisotopic (exact) mass is 252 g/mol. The maximum absolute atomic E-state index is 11.8. The van der Waals surface area contributed by atoms with E-state index in [1.54, 1.807) is 11.8 Å². The van der Waals surface area contributed by atoms with Crippen LogP contribution >= 0.6 is 11.8 Å². The van der Waals surface area contributed by atoms with Gasteiger partial charge < -0.3 is 4.74 Å². The minimum absolute atomic E-state index is 0.118. The molecule has 0 amide bonds. The molecule has 0 radical (unpaired) electrons. The fraction of sp³-hybridized carbons (Fsp3) is 0.500. The Bertz CT molecular complexity index is 357. The van der Waals surface area contributed by atoms with Crippen LogP contribution in [0.2, 0.25) is 0 Å². The molecule has 0 aliphatic heterocycles. The van der Waals surface area contributed by atoms with Gasteiger partial charge in [0, 0.05) is 4.90 Å². The molecule has 1 atom stereocenters. The lowest BCUT2D eigenvalue weighted by Crippen LogP contribution is -2.25. The Balaban J connectivity index is 2.73. The van der Waals surface area contributed by atoms with E-state index in [2.05, 4.69) is 31.2 Å². The largest absolute Gasteiger partial charge is 0.465 e. The second-order valence-corrected chi connectivity index (χ2v) is 5.56. The van der Waals surface area contributed by atoms with Crippen LogP contribution in [0.3, 0.4) is 0 Å². The van der Waals surface area contributed by atoms with Gasteiger partial charge in [-0.25, -0.2) is 0 Å². The number of hydrogen-bond donors (Lipinski definition) is 0. The van der Waals surface area contributed by atoms with Crippen LogP contribution in [0.4, 0.5) is 0 Å². The summed E-state index contributed by atoms with van der Waals surface area (Å²) >= 11 is 1.58. The van der Waals surface area contributed by atoms with E-state index in [0.717, 1.165) is 4.90 Å². The van der Waals surface area contributed by atoms with Gasteiger partial charge in [0.1, 0.15) is 5.25 Å². The highest BCUT2D eigenvalue weighted by Crippen LogP contribution is 2.29. The number of ether oxygens (including phenoxy) is 1. The number of benzene rings is 1. The van der Waals surface area contributed by atoms with Gasteiger partial charge in [0.15, 0.2) is 0 Å². The first kappa shape index (κ1) is 14.1. The molecule has 94 valence electrons. The smallest absolute Gasteiger partial charge is 0.319 e. The first-order valence-corrected chi connectivity index (χ1v) is 6.82. The molecule has 3 heteroatoms. The van der Waals surface area contributed by atoms with Crippen LogP contribution in [-0.4, -0.2) is 17.8 Å². The Morgan fingerprint density at radius 3 is 2.35 bits per heavy atom. The molecule has 1 unspecified atom stereocenters. The van der Waals surface area contributed by atoms with Gasteiger partial charge in [-0.3, -0.25) is 4.79 Å². The van der Waals surface area contributed by atoms with Crippen LogP contribution in [0.25, 0.3) is 0 Å². The third-order valence-corrected chi connectivity index (χ3v) is 3.94. The minimum atomic E-state index is -0.127. The summed E-state index contributed by atoms with van der Waals surface area (Å²) in [6.07, 6.45) is 0. The van der Waals surface area contributed by atoms with Gasteiger partial charge >= 0.3 is 5.97 Å². The molecule has 0 aliphatic rings. The molecule has 2 nitrogen and oxygen atoms in total. The fourth-order valence-corrected chi connectivity index (χ4v) is 2.47. The van der Waals surface area contributed by atoms with Crippen molar-refractivity contribution in [2.45, 2.75) is 37.8 Å². The topological polar surface area (TPSA) is 26.3 Å². The number of thioether (sulfide) groups is 1. The Hall–Kier alpha value is -0.960. The summed E-state index contributed by atoms with van der Waals surface area (Å²) in [6.45, 7) is 8.42. The fourth-order valence-electron chi connectivity index (χ4n) is 1.44. The Kier molecular flexibility index (Phi) is 5.56. The van der Waals surface area contributed by atoms with Crippen molar-refractivity contribution in [2.75, 3.05) is 6.61 Å². The van der Waals surface area contributed by atoms with Crippen LogP contribution in [0.1, 0.15) is 26.3 Å². The van der Waals surface area contributed by atoms with Crippen molar-refractivity contribution in [1.82, 2.24) is 0 Å². The van der Waals surface area contributed by atoms with Crippen molar-refractivity contribution in [1.29, 1.82) is 0 Å². The van der Waals surface area contributed by atoms with Crippen molar-refractivity contribution < 1.29 is 9.53 Å². The Labute approximate surface area is 108 Å². The molecular formula is C14H20O2S. The van der Waals surface area contributed by atoms with Crippen LogP contribution in [0, 0.1) is 12.8 Å². The van der Waals surface area contributed by atoms with Crippen LogP contribution in [0.5, 0.6) is 0 Å². The van der Waals surface area contributed by atoms with Gasteiger partial charge in [0.25, 0.3) is 0 Å². The second-order valence-electron chi connectivity index (χ2n) is 4.35. The predicted octanol–water partition coefficient (Wildman–Crippen LogP) is 3.67. The molecular weight excluding hydrogens is 232 g/mol. The van der Waals surface area contributed by atoms with Crippen molar-refractivity contribution in [3.63, 3.8) is 0 Å². The van der Waals surface area contributed by atoms with Crippen molar-refractivity contribution >= 4 is 17.7 Å². The normalized spacial score (nSPS) is 12.5. The number of hydrogen-bond acceptors (Lipinski definition) is 3. The molecule has 0 bridgehead atoms. The zero-order valence-electron chi connectivity index (χ0n) is 10.9. The Morgan fingerprint density at radius 1 is 1.29 bits per heavy atom. The molecule has 1 aromatic rings. The third kappa shape index (κ3) is 4.43. The highest BCUT2D eigenvalue weighted by molar-refractivity contribution is 8.00. The van der Waals surface area contributed by atoms with E-state index in [1.165, 1.54) is 5.56 Å². The quantitative estimate of drug-likeness (QED) is 0.591. The molecule has 17 heavy (non-hydrogen) atoms. The zero-order valence-corrected chi connectivity index (χ0v) is 11.7. The average molecular weight is 252 g/mol. The van der Waals surface area contributed by atoms with E-state index >= 15 is 0 Å². The summed E-state index contributed by atoms with van der Waals surface area (Å²) in [5.41, 5.74) is 1.23. The maximum atomic E-state index is 11.8. The van der Waals surface area contributed by atoms with E-state index in [-0.39, 0.29) is 17.1 Å². The molecule has 0 aliphatic carbocycles. The van der Waals surface area contributed by atoms with Crippen LogP contribution in [0.15, 0.2) is 29.2 Å².